The van der Waals surface area contributed by atoms with Crippen LogP contribution in [0, 0.1) is 0 Å². The first-order chi connectivity index (χ1) is 10.9. The number of amides is 1. The van der Waals surface area contributed by atoms with Gasteiger partial charge < -0.3 is 14.8 Å². The molecule has 1 aromatic carbocycles. The molecule has 0 bridgehead atoms. The lowest BCUT2D eigenvalue weighted by Gasteiger charge is -2.05. The van der Waals surface area contributed by atoms with Crippen molar-refractivity contribution >= 4 is 11.6 Å². The topological polar surface area (TPSA) is 51.4 Å². The van der Waals surface area contributed by atoms with Crippen molar-refractivity contribution in [2.75, 3.05) is 5.32 Å². The number of hydrogen-bond donors (Lipinski definition) is 1. The SMILES string of the molecule is CCc1cc[n+](CC(=O)Nc2ccc3c(c2)OC(F)(F)O3)cc1. The number of aryl methyl sites for hydroxylation is 1. The van der Waals surface area contributed by atoms with Crippen LogP contribution in [0.2, 0.25) is 0 Å². The van der Waals surface area contributed by atoms with E-state index >= 15 is 0 Å². The predicted molar refractivity (Wildman–Crippen MR) is 77.3 cm³/mol. The van der Waals surface area contributed by atoms with Crippen molar-refractivity contribution < 1.29 is 27.6 Å². The number of carbonyl (C=O) groups excluding carboxylic acids is 1. The van der Waals surface area contributed by atoms with E-state index in [0.717, 1.165) is 6.42 Å². The Morgan fingerprint density at radius 1 is 1.17 bits per heavy atom. The number of benzene rings is 1. The van der Waals surface area contributed by atoms with Crippen LogP contribution in [0.5, 0.6) is 11.5 Å². The first kappa shape index (κ1) is 15.2. The van der Waals surface area contributed by atoms with Gasteiger partial charge in [-0.25, -0.2) is 0 Å². The molecule has 23 heavy (non-hydrogen) atoms. The molecule has 1 N–H and O–H groups in total. The summed E-state index contributed by atoms with van der Waals surface area (Å²) >= 11 is 0. The largest absolute Gasteiger partial charge is 0.586 e. The molecule has 1 amide bonds. The molecule has 7 heteroatoms. The average Bonchev–Trinajstić information content (AvgIpc) is 2.81. The monoisotopic (exact) mass is 321 g/mol. The predicted octanol–water partition coefficient (Wildman–Crippen LogP) is 2.50. The molecule has 120 valence electrons. The fourth-order valence-electron chi connectivity index (χ4n) is 2.22. The molecule has 0 atom stereocenters. The Hall–Kier alpha value is -2.70. The summed E-state index contributed by atoms with van der Waals surface area (Å²) in [4.78, 5) is 12.0. The summed E-state index contributed by atoms with van der Waals surface area (Å²) in [7, 11) is 0. The normalized spacial score (nSPS) is 14.6. The van der Waals surface area contributed by atoms with Gasteiger partial charge in [-0.3, -0.25) is 4.79 Å². The molecule has 3 rings (SSSR count). The average molecular weight is 321 g/mol. The van der Waals surface area contributed by atoms with Gasteiger partial charge in [0.15, 0.2) is 23.9 Å². The summed E-state index contributed by atoms with van der Waals surface area (Å²) in [5, 5.41) is 2.64. The van der Waals surface area contributed by atoms with E-state index in [-0.39, 0.29) is 24.0 Å². The van der Waals surface area contributed by atoms with Crippen molar-refractivity contribution in [1.82, 2.24) is 0 Å². The van der Waals surface area contributed by atoms with Crippen LogP contribution in [-0.4, -0.2) is 12.2 Å². The third kappa shape index (κ3) is 3.56. The minimum atomic E-state index is -3.66. The van der Waals surface area contributed by atoms with Gasteiger partial charge in [-0.2, -0.15) is 4.57 Å². The maximum Gasteiger partial charge on any atom is 0.586 e. The molecule has 1 aliphatic heterocycles. The van der Waals surface area contributed by atoms with Crippen molar-refractivity contribution in [3.05, 3.63) is 48.3 Å². The number of anilines is 1. The minimum Gasteiger partial charge on any atom is -0.395 e. The zero-order chi connectivity index (χ0) is 16.4. The van der Waals surface area contributed by atoms with Crippen LogP contribution in [-0.2, 0) is 17.8 Å². The van der Waals surface area contributed by atoms with Gasteiger partial charge in [-0.05, 0) is 24.1 Å². The summed E-state index contributed by atoms with van der Waals surface area (Å²) in [6.45, 7) is 2.17. The number of nitrogens with zero attached hydrogens (tertiary/aromatic N) is 1. The van der Waals surface area contributed by atoms with Gasteiger partial charge in [-0.1, -0.05) is 6.92 Å². The summed E-state index contributed by atoms with van der Waals surface area (Å²) in [6.07, 6.45) is 0.897. The van der Waals surface area contributed by atoms with Gasteiger partial charge in [-0.15, -0.1) is 8.78 Å². The number of alkyl halides is 2. The molecule has 2 heterocycles. The van der Waals surface area contributed by atoms with Crippen LogP contribution in [0.15, 0.2) is 42.7 Å². The number of fused-ring (bicyclic) bond motifs is 1. The van der Waals surface area contributed by atoms with Crippen molar-refractivity contribution in [2.24, 2.45) is 0 Å². The molecule has 0 spiro atoms. The highest BCUT2D eigenvalue weighted by Gasteiger charge is 2.43. The van der Waals surface area contributed by atoms with E-state index in [1.54, 1.807) is 4.57 Å². The highest BCUT2D eigenvalue weighted by Crippen LogP contribution is 2.42. The highest BCUT2D eigenvalue weighted by molar-refractivity contribution is 5.90. The first-order valence-corrected chi connectivity index (χ1v) is 7.13. The van der Waals surface area contributed by atoms with Crippen LogP contribution in [0.1, 0.15) is 12.5 Å². The van der Waals surface area contributed by atoms with Crippen LogP contribution >= 0.6 is 0 Å². The number of carbonyl (C=O) groups is 1. The van der Waals surface area contributed by atoms with E-state index < -0.39 is 6.29 Å². The van der Waals surface area contributed by atoms with E-state index in [1.807, 2.05) is 24.5 Å². The van der Waals surface area contributed by atoms with Crippen LogP contribution in [0.4, 0.5) is 14.5 Å². The van der Waals surface area contributed by atoms with Gasteiger partial charge in [0.25, 0.3) is 5.91 Å². The highest BCUT2D eigenvalue weighted by atomic mass is 19.3. The maximum atomic E-state index is 12.9. The number of aromatic nitrogens is 1. The van der Waals surface area contributed by atoms with E-state index in [9.17, 15) is 13.6 Å². The number of rotatable bonds is 4. The van der Waals surface area contributed by atoms with Gasteiger partial charge in [0.2, 0.25) is 6.54 Å². The van der Waals surface area contributed by atoms with Crippen molar-refractivity contribution in [3.63, 3.8) is 0 Å². The zero-order valence-electron chi connectivity index (χ0n) is 12.4. The van der Waals surface area contributed by atoms with E-state index in [0.29, 0.717) is 5.69 Å². The lowest BCUT2D eigenvalue weighted by molar-refractivity contribution is -0.684. The smallest absolute Gasteiger partial charge is 0.395 e. The van der Waals surface area contributed by atoms with Crippen molar-refractivity contribution in [3.8, 4) is 11.5 Å². The molecule has 0 radical (unpaired) electrons. The third-order valence-corrected chi connectivity index (χ3v) is 3.38. The van der Waals surface area contributed by atoms with E-state index in [1.165, 1.54) is 23.8 Å². The quantitative estimate of drug-likeness (QED) is 0.880. The lowest BCUT2D eigenvalue weighted by atomic mass is 10.2. The van der Waals surface area contributed by atoms with Crippen LogP contribution < -0.4 is 19.4 Å². The molecule has 0 unspecified atom stereocenters. The number of nitrogens with one attached hydrogen (secondary N) is 1. The number of ether oxygens (including phenoxy) is 2. The molecule has 1 aromatic heterocycles. The Morgan fingerprint density at radius 3 is 2.57 bits per heavy atom. The first-order valence-electron chi connectivity index (χ1n) is 7.13. The number of halogens is 2. The van der Waals surface area contributed by atoms with Crippen molar-refractivity contribution in [1.29, 1.82) is 0 Å². The number of pyridine rings is 1. The number of hydrogen-bond acceptors (Lipinski definition) is 3. The molecular formula is C16H15F2N2O3+. The van der Waals surface area contributed by atoms with Gasteiger partial charge in [0.05, 0.1) is 0 Å². The summed E-state index contributed by atoms with van der Waals surface area (Å²) < 4.78 is 36.3. The Morgan fingerprint density at radius 2 is 1.87 bits per heavy atom. The molecular weight excluding hydrogens is 306 g/mol. The Balaban J connectivity index is 1.64. The summed E-state index contributed by atoms with van der Waals surface area (Å²) in [5.74, 6) is -0.435. The van der Waals surface area contributed by atoms with Gasteiger partial charge in [0, 0.05) is 23.9 Å². The van der Waals surface area contributed by atoms with Gasteiger partial charge in [0.1, 0.15) is 0 Å². The second kappa shape index (κ2) is 5.83. The standard InChI is InChI=1S/C16H14F2N2O3/c1-2-11-5-7-20(8-6-11)10-15(21)19-12-3-4-13-14(9-12)23-16(17,18)22-13/h3-9H,2,10H2,1H3/p+1. The Labute approximate surface area is 131 Å². The molecule has 0 saturated heterocycles. The molecule has 0 fully saturated rings. The molecule has 0 saturated carbocycles. The van der Waals surface area contributed by atoms with Crippen LogP contribution in [0.25, 0.3) is 0 Å². The zero-order valence-corrected chi connectivity index (χ0v) is 12.4. The second-order valence-corrected chi connectivity index (χ2v) is 5.11. The molecule has 1 aliphatic rings. The summed E-state index contributed by atoms with van der Waals surface area (Å²) in [5.41, 5.74) is 1.54. The Kier molecular flexibility index (Phi) is 3.85. The molecule has 0 aliphatic carbocycles. The maximum absolute atomic E-state index is 12.9. The van der Waals surface area contributed by atoms with E-state index in [4.69, 9.17) is 0 Å². The van der Waals surface area contributed by atoms with E-state index in [2.05, 4.69) is 21.7 Å². The lowest BCUT2D eigenvalue weighted by Crippen LogP contribution is -2.39. The Bertz CT molecular complexity index is 733. The molecule has 5 nitrogen and oxygen atoms in total. The minimum absolute atomic E-state index is 0.0578. The fraction of sp³-hybridized carbons (Fsp3) is 0.250. The fourth-order valence-corrected chi connectivity index (χ4v) is 2.22. The molecule has 2 aromatic rings. The van der Waals surface area contributed by atoms with Crippen LogP contribution in [0.3, 0.4) is 0 Å². The van der Waals surface area contributed by atoms with Gasteiger partial charge >= 0.3 is 6.29 Å². The summed E-state index contributed by atoms with van der Waals surface area (Å²) in [6, 6.07) is 7.99. The van der Waals surface area contributed by atoms with Crippen molar-refractivity contribution in [2.45, 2.75) is 26.2 Å². The second-order valence-electron chi connectivity index (χ2n) is 5.11. The third-order valence-electron chi connectivity index (χ3n) is 3.38.